The summed E-state index contributed by atoms with van der Waals surface area (Å²) in [7, 11) is 0. The van der Waals surface area contributed by atoms with Crippen molar-refractivity contribution in [3.05, 3.63) is 46.5 Å². The lowest BCUT2D eigenvalue weighted by Gasteiger charge is -2.14. The first-order valence-electron chi connectivity index (χ1n) is 7.46. The molecule has 1 atom stereocenters. The summed E-state index contributed by atoms with van der Waals surface area (Å²) >= 11 is 1.58. The third-order valence-corrected chi connectivity index (χ3v) is 4.66. The maximum Gasteiger partial charge on any atom is 0.296 e. The molecule has 1 aromatic heterocycles. The van der Waals surface area contributed by atoms with Crippen LogP contribution in [0.5, 0.6) is 0 Å². The number of amides is 1. The number of halogens is 2. The maximum atomic E-state index is 13.5. The van der Waals surface area contributed by atoms with Crippen molar-refractivity contribution in [3.63, 3.8) is 0 Å². The third kappa shape index (κ3) is 3.89. The van der Waals surface area contributed by atoms with Crippen molar-refractivity contribution in [2.45, 2.75) is 19.4 Å². The molecule has 0 spiro atoms. The standard InChI is InChI=1S/C17H15F2N3OS/c1-11-10-24-17(20-11)22-7-6-14(9-22)21-16(23)5-3-12-2-4-13(18)8-15(12)19/h2,4,8,10,14H,6-7,9H2,1H3,(H,21,23). The van der Waals surface area contributed by atoms with Gasteiger partial charge in [0.1, 0.15) is 11.6 Å². The third-order valence-electron chi connectivity index (χ3n) is 3.64. The van der Waals surface area contributed by atoms with Gasteiger partial charge in [-0.2, -0.15) is 0 Å². The van der Waals surface area contributed by atoms with Crippen molar-refractivity contribution in [1.29, 1.82) is 0 Å². The summed E-state index contributed by atoms with van der Waals surface area (Å²) in [6, 6.07) is 3.05. The molecular weight excluding hydrogens is 332 g/mol. The molecule has 7 heteroatoms. The molecule has 2 heterocycles. The molecule has 24 heavy (non-hydrogen) atoms. The van der Waals surface area contributed by atoms with Crippen LogP contribution in [-0.4, -0.2) is 30.0 Å². The van der Waals surface area contributed by atoms with Crippen molar-refractivity contribution in [1.82, 2.24) is 10.3 Å². The Bertz CT molecular complexity index is 825. The van der Waals surface area contributed by atoms with Gasteiger partial charge in [0.2, 0.25) is 0 Å². The number of thiazole rings is 1. The predicted molar refractivity (Wildman–Crippen MR) is 88.8 cm³/mol. The molecule has 1 aliphatic heterocycles. The van der Waals surface area contributed by atoms with E-state index in [2.05, 4.69) is 27.0 Å². The molecule has 0 bridgehead atoms. The Morgan fingerprint density at radius 3 is 3.00 bits per heavy atom. The average Bonchev–Trinajstić information content (AvgIpc) is 3.15. The quantitative estimate of drug-likeness (QED) is 0.849. The number of nitrogens with one attached hydrogen (secondary N) is 1. The molecule has 1 aromatic carbocycles. The summed E-state index contributed by atoms with van der Waals surface area (Å²) in [5.74, 6) is 2.86. The summed E-state index contributed by atoms with van der Waals surface area (Å²) in [5, 5.41) is 5.75. The Hall–Kier alpha value is -2.46. The lowest BCUT2D eigenvalue weighted by molar-refractivity contribution is -0.116. The molecule has 2 aromatic rings. The molecule has 1 saturated heterocycles. The van der Waals surface area contributed by atoms with Crippen LogP contribution >= 0.6 is 11.3 Å². The summed E-state index contributed by atoms with van der Waals surface area (Å²) in [6.45, 7) is 3.43. The van der Waals surface area contributed by atoms with Crippen molar-refractivity contribution >= 4 is 22.4 Å². The van der Waals surface area contributed by atoms with E-state index < -0.39 is 17.5 Å². The highest BCUT2D eigenvalue weighted by atomic mass is 32.1. The van der Waals surface area contributed by atoms with Crippen LogP contribution in [-0.2, 0) is 4.79 Å². The van der Waals surface area contributed by atoms with Crippen LogP contribution in [0, 0.1) is 30.4 Å². The molecule has 1 unspecified atom stereocenters. The van der Waals surface area contributed by atoms with Crippen LogP contribution in [0.2, 0.25) is 0 Å². The van der Waals surface area contributed by atoms with E-state index in [1.165, 1.54) is 6.07 Å². The number of rotatable bonds is 2. The van der Waals surface area contributed by atoms with Crippen LogP contribution in [0.1, 0.15) is 17.7 Å². The number of carbonyl (C=O) groups is 1. The minimum absolute atomic E-state index is 0.00198. The second kappa shape index (κ2) is 6.97. The molecule has 3 rings (SSSR count). The highest BCUT2D eigenvalue weighted by Crippen LogP contribution is 2.24. The molecule has 4 nitrogen and oxygen atoms in total. The largest absolute Gasteiger partial charge is 0.346 e. The lowest BCUT2D eigenvalue weighted by Crippen LogP contribution is -2.36. The fraction of sp³-hybridized carbons (Fsp3) is 0.294. The molecule has 1 amide bonds. The zero-order valence-corrected chi connectivity index (χ0v) is 13.8. The van der Waals surface area contributed by atoms with E-state index in [-0.39, 0.29) is 11.6 Å². The molecule has 1 fully saturated rings. The SMILES string of the molecule is Cc1csc(N2CCC(NC(=O)C#Cc3ccc(F)cc3F)C2)n1. The zero-order valence-electron chi connectivity index (χ0n) is 13.0. The Morgan fingerprint density at radius 2 is 2.29 bits per heavy atom. The van der Waals surface area contributed by atoms with Gasteiger partial charge in [-0.15, -0.1) is 11.3 Å². The van der Waals surface area contributed by atoms with Gasteiger partial charge in [-0.05, 0) is 25.5 Å². The highest BCUT2D eigenvalue weighted by molar-refractivity contribution is 7.13. The van der Waals surface area contributed by atoms with E-state index in [9.17, 15) is 13.6 Å². The molecule has 0 radical (unpaired) electrons. The predicted octanol–water partition coefficient (Wildman–Crippen LogP) is 2.48. The second-order valence-corrected chi connectivity index (χ2v) is 6.39. The number of hydrogen-bond acceptors (Lipinski definition) is 4. The van der Waals surface area contributed by atoms with Gasteiger partial charge < -0.3 is 10.2 Å². The molecule has 124 valence electrons. The van der Waals surface area contributed by atoms with E-state index in [1.54, 1.807) is 11.3 Å². The number of benzene rings is 1. The number of aryl methyl sites for hydroxylation is 1. The summed E-state index contributed by atoms with van der Waals surface area (Å²) in [6.07, 6.45) is 0.803. The summed E-state index contributed by atoms with van der Waals surface area (Å²) < 4.78 is 26.3. The smallest absolute Gasteiger partial charge is 0.296 e. The van der Waals surface area contributed by atoms with Crippen molar-refractivity contribution < 1.29 is 13.6 Å². The van der Waals surface area contributed by atoms with E-state index in [0.717, 1.165) is 35.9 Å². The number of nitrogens with zero attached hydrogens (tertiary/aromatic N) is 2. The van der Waals surface area contributed by atoms with Gasteiger partial charge in [-0.3, -0.25) is 4.79 Å². The van der Waals surface area contributed by atoms with E-state index in [1.807, 2.05) is 12.3 Å². The van der Waals surface area contributed by atoms with Crippen molar-refractivity contribution in [3.8, 4) is 11.8 Å². The number of carbonyl (C=O) groups excluding carboxylic acids is 1. The van der Waals surface area contributed by atoms with Gasteiger partial charge >= 0.3 is 0 Å². The van der Waals surface area contributed by atoms with Crippen molar-refractivity contribution in [2.24, 2.45) is 0 Å². The average molecular weight is 347 g/mol. The molecular formula is C17H15F2N3OS. The molecule has 0 saturated carbocycles. The lowest BCUT2D eigenvalue weighted by atomic mass is 10.2. The normalized spacial score (nSPS) is 16.6. The van der Waals surface area contributed by atoms with Crippen LogP contribution in [0.25, 0.3) is 0 Å². The second-order valence-electron chi connectivity index (χ2n) is 5.55. The fourth-order valence-electron chi connectivity index (χ4n) is 2.48. The monoisotopic (exact) mass is 347 g/mol. The van der Waals surface area contributed by atoms with Crippen LogP contribution in [0.3, 0.4) is 0 Å². The Morgan fingerprint density at radius 1 is 1.46 bits per heavy atom. The van der Waals surface area contributed by atoms with Gasteiger partial charge in [0.15, 0.2) is 5.13 Å². The van der Waals surface area contributed by atoms with Gasteiger partial charge in [0, 0.05) is 36.5 Å². The molecule has 1 N–H and O–H groups in total. The number of hydrogen-bond donors (Lipinski definition) is 1. The molecule has 0 aliphatic carbocycles. The molecule has 1 aliphatic rings. The first-order valence-corrected chi connectivity index (χ1v) is 8.34. The fourth-order valence-corrected chi connectivity index (χ4v) is 3.32. The summed E-state index contributed by atoms with van der Waals surface area (Å²) in [4.78, 5) is 18.4. The first-order chi connectivity index (χ1) is 11.5. The summed E-state index contributed by atoms with van der Waals surface area (Å²) in [5.41, 5.74) is 0.979. The van der Waals surface area contributed by atoms with Gasteiger partial charge in [-0.1, -0.05) is 5.92 Å². The Balaban J connectivity index is 1.57. The van der Waals surface area contributed by atoms with Gasteiger partial charge in [0.05, 0.1) is 11.3 Å². The zero-order chi connectivity index (χ0) is 17.1. The first kappa shape index (κ1) is 16.4. The van der Waals surface area contributed by atoms with Gasteiger partial charge in [0.25, 0.3) is 5.91 Å². The van der Waals surface area contributed by atoms with E-state index in [4.69, 9.17) is 0 Å². The van der Waals surface area contributed by atoms with Crippen LogP contribution in [0.4, 0.5) is 13.9 Å². The van der Waals surface area contributed by atoms with Crippen molar-refractivity contribution in [2.75, 3.05) is 18.0 Å². The Kier molecular flexibility index (Phi) is 4.76. The van der Waals surface area contributed by atoms with Crippen LogP contribution in [0.15, 0.2) is 23.6 Å². The minimum Gasteiger partial charge on any atom is -0.346 e. The van der Waals surface area contributed by atoms with E-state index >= 15 is 0 Å². The highest BCUT2D eigenvalue weighted by Gasteiger charge is 2.25. The number of aromatic nitrogens is 1. The number of anilines is 1. The van der Waals surface area contributed by atoms with Gasteiger partial charge in [-0.25, -0.2) is 13.8 Å². The topological polar surface area (TPSA) is 45.2 Å². The Labute approximate surface area is 142 Å². The maximum absolute atomic E-state index is 13.5. The van der Waals surface area contributed by atoms with E-state index in [0.29, 0.717) is 6.54 Å². The van der Waals surface area contributed by atoms with Crippen LogP contribution < -0.4 is 10.2 Å². The minimum atomic E-state index is -0.776.